The van der Waals surface area contributed by atoms with Gasteiger partial charge in [0.2, 0.25) is 11.1 Å². The van der Waals surface area contributed by atoms with Crippen LogP contribution in [0, 0.1) is 19.8 Å². The molecule has 0 saturated carbocycles. The van der Waals surface area contributed by atoms with E-state index in [1.165, 1.54) is 29.3 Å². The van der Waals surface area contributed by atoms with Crippen LogP contribution in [0.4, 0.5) is 0 Å². The molecule has 1 aromatic heterocycles. The van der Waals surface area contributed by atoms with Crippen molar-refractivity contribution in [2.24, 2.45) is 5.92 Å². The first-order chi connectivity index (χ1) is 12.4. The van der Waals surface area contributed by atoms with E-state index in [-0.39, 0.29) is 11.9 Å². The summed E-state index contributed by atoms with van der Waals surface area (Å²) in [6.45, 7) is 10.6. The number of nitrogens with zero attached hydrogens (tertiary/aromatic N) is 4. The molecule has 1 N–H and O–H groups in total. The molecule has 142 valence electrons. The molecular weight excluding hydrogens is 346 g/mol. The number of tetrazole rings is 1. The molecule has 2 aromatic rings. The van der Waals surface area contributed by atoms with Crippen molar-refractivity contribution >= 4 is 17.7 Å². The van der Waals surface area contributed by atoms with Crippen LogP contribution in [-0.4, -0.2) is 37.9 Å². The van der Waals surface area contributed by atoms with Gasteiger partial charge in [0, 0.05) is 6.04 Å². The van der Waals surface area contributed by atoms with Gasteiger partial charge in [-0.15, -0.1) is 5.10 Å². The van der Waals surface area contributed by atoms with Gasteiger partial charge < -0.3 is 5.32 Å². The van der Waals surface area contributed by atoms with Gasteiger partial charge in [0.15, 0.2) is 0 Å². The Labute approximate surface area is 160 Å². The normalized spacial score (nSPS) is 12.4. The number of aryl methyl sites for hydroxylation is 2. The van der Waals surface area contributed by atoms with E-state index in [0.717, 1.165) is 18.5 Å². The lowest BCUT2D eigenvalue weighted by Gasteiger charge is -2.14. The van der Waals surface area contributed by atoms with E-state index in [0.29, 0.717) is 16.8 Å². The van der Waals surface area contributed by atoms with Crippen LogP contribution in [0.1, 0.15) is 51.2 Å². The van der Waals surface area contributed by atoms with Crippen LogP contribution in [-0.2, 0) is 4.79 Å². The minimum Gasteiger partial charge on any atom is -0.353 e. The summed E-state index contributed by atoms with van der Waals surface area (Å²) in [5.74, 6) is 1.03. The fraction of sp³-hybridized carbons (Fsp3) is 0.579. The molecule has 7 heteroatoms. The average molecular weight is 376 g/mol. The van der Waals surface area contributed by atoms with Crippen molar-refractivity contribution in [2.45, 2.75) is 65.1 Å². The van der Waals surface area contributed by atoms with E-state index in [2.05, 4.69) is 55.5 Å². The Bertz CT molecular complexity index is 728. The Kier molecular flexibility index (Phi) is 7.63. The highest BCUT2D eigenvalue weighted by Crippen LogP contribution is 2.20. The molecule has 26 heavy (non-hydrogen) atoms. The Morgan fingerprint density at radius 3 is 2.65 bits per heavy atom. The topological polar surface area (TPSA) is 72.7 Å². The monoisotopic (exact) mass is 375 g/mol. The molecule has 6 nitrogen and oxygen atoms in total. The number of nitrogens with one attached hydrogen (secondary N) is 1. The number of amides is 1. The zero-order chi connectivity index (χ0) is 19.1. The van der Waals surface area contributed by atoms with E-state index in [1.54, 1.807) is 4.68 Å². The van der Waals surface area contributed by atoms with Crippen molar-refractivity contribution in [3.63, 3.8) is 0 Å². The van der Waals surface area contributed by atoms with Gasteiger partial charge in [-0.05, 0) is 66.8 Å². The molecule has 0 aliphatic carbocycles. The van der Waals surface area contributed by atoms with Gasteiger partial charge in [-0.2, -0.15) is 4.68 Å². The molecule has 1 aromatic carbocycles. The Hall–Kier alpha value is -1.89. The van der Waals surface area contributed by atoms with Crippen LogP contribution < -0.4 is 5.32 Å². The summed E-state index contributed by atoms with van der Waals surface area (Å²) in [6.07, 6.45) is 3.34. The molecule has 0 radical (unpaired) electrons. The summed E-state index contributed by atoms with van der Waals surface area (Å²) in [5.41, 5.74) is 3.31. The van der Waals surface area contributed by atoms with Crippen LogP contribution >= 0.6 is 11.8 Å². The lowest BCUT2D eigenvalue weighted by atomic mass is 10.0. The second-order valence-electron chi connectivity index (χ2n) is 7.22. The maximum Gasteiger partial charge on any atom is 0.230 e. The number of rotatable bonds is 9. The Morgan fingerprint density at radius 2 is 1.96 bits per heavy atom. The average Bonchev–Trinajstić information content (AvgIpc) is 3.03. The molecule has 0 saturated heterocycles. The first-order valence-corrected chi connectivity index (χ1v) is 10.1. The van der Waals surface area contributed by atoms with Crippen LogP contribution in [0.5, 0.6) is 0 Å². The maximum absolute atomic E-state index is 12.2. The van der Waals surface area contributed by atoms with Gasteiger partial charge in [0.25, 0.3) is 0 Å². The van der Waals surface area contributed by atoms with Crippen LogP contribution in [0.25, 0.3) is 5.69 Å². The molecule has 1 amide bonds. The third-order valence-electron chi connectivity index (χ3n) is 4.33. The predicted octanol–water partition coefficient (Wildman–Crippen LogP) is 3.70. The van der Waals surface area contributed by atoms with Gasteiger partial charge in [0.05, 0.1) is 11.4 Å². The zero-order valence-electron chi connectivity index (χ0n) is 16.3. The van der Waals surface area contributed by atoms with Crippen LogP contribution in [0.2, 0.25) is 0 Å². The summed E-state index contributed by atoms with van der Waals surface area (Å²) >= 11 is 1.35. The van der Waals surface area contributed by atoms with Crippen molar-refractivity contribution in [2.75, 3.05) is 5.75 Å². The van der Waals surface area contributed by atoms with E-state index in [1.807, 2.05) is 18.2 Å². The summed E-state index contributed by atoms with van der Waals surface area (Å²) < 4.78 is 1.68. The van der Waals surface area contributed by atoms with Crippen molar-refractivity contribution in [3.8, 4) is 5.69 Å². The molecule has 1 unspecified atom stereocenters. The number of hydrogen-bond donors (Lipinski definition) is 1. The van der Waals surface area contributed by atoms with Gasteiger partial charge >= 0.3 is 0 Å². The SMILES string of the molecule is Cc1ccc(-n2nnnc2SCC(=O)NC(C)CCCC(C)C)cc1C. The number of thioether (sulfide) groups is 1. The highest BCUT2D eigenvalue weighted by atomic mass is 32.2. The Morgan fingerprint density at radius 1 is 1.19 bits per heavy atom. The van der Waals surface area contributed by atoms with Gasteiger partial charge in [-0.1, -0.05) is 44.5 Å². The van der Waals surface area contributed by atoms with Crippen molar-refractivity contribution in [3.05, 3.63) is 29.3 Å². The van der Waals surface area contributed by atoms with Crippen LogP contribution in [0.3, 0.4) is 0 Å². The third-order valence-corrected chi connectivity index (χ3v) is 5.25. The van der Waals surface area contributed by atoms with E-state index in [9.17, 15) is 4.79 Å². The number of benzene rings is 1. The summed E-state index contributed by atoms with van der Waals surface area (Å²) in [5, 5.41) is 15.5. The van der Waals surface area contributed by atoms with E-state index in [4.69, 9.17) is 0 Å². The molecular formula is C19H29N5OS. The highest BCUT2D eigenvalue weighted by Gasteiger charge is 2.13. The number of aromatic nitrogens is 4. The molecule has 2 rings (SSSR count). The molecule has 0 bridgehead atoms. The standard InChI is InChI=1S/C19H29N5OS/c1-13(2)7-6-8-16(5)20-18(25)12-26-19-21-22-23-24(19)17-10-9-14(3)15(4)11-17/h9-11,13,16H,6-8,12H2,1-5H3,(H,20,25). The third kappa shape index (κ3) is 6.12. The second-order valence-corrected chi connectivity index (χ2v) is 8.17. The largest absolute Gasteiger partial charge is 0.353 e. The van der Waals surface area contributed by atoms with E-state index >= 15 is 0 Å². The zero-order valence-corrected chi connectivity index (χ0v) is 17.1. The summed E-state index contributed by atoms with van der Waals surface area (Å²) in [6, 6.07) is 6.27. The molecule has 1 atom stereocenters. The van der Waals surface area contributed by atoms with Gasteiger partial charge in [-0.3, -0.25) is 4.79 Å². The summed E-state index contributed by atoms with van der Waals surface area (Å²) in [7, 11) is 0. The summed E-state index contributed by atoms with van der Waals surface area (Å²) in [4.78, 5) is 12.2. The van der Waals surface area contributed by atoms with Crippen LogP contribution in [0.15, 0.2) is 23.4 Å². The molecule has 0 spiro atoms. The maximum atomic E-state index is 12.2. The molecule has 0 aliphatic rings. The predicted molar refractivity (Wildman–Crippen MR) is 106 cm³/mol. The van der Waals surface area contributed by atoms with Crippen molar-refractivity contribution in [1.82, 2.24) is 25.5 Å². The second kappa shape index (κ2) is 9.71. The van der Waals surface area contributed by atoms with E-state index < -0.39 is 0 Å². The first-order valence-electron chi connectivity index (χ1n) is 9.15. The quantitative estimate of drug-likeness (QED) is 0.677. The lowest BCUT2D eigenvalue weighted by molar-refractivity contribution is -0.119. The van der Waals surface area contributed by atoms with Crippen molar-refractivity contribution < 1.29 is 4.79 Å². The number of carbonyl (C=O) groups is 1. The molecule has 0 aliphatic heterocycles. The lowest BCUT2D eigenvalue weighted by Crippen LogP contribution is -2.33. The fourth-order valence-corrected chi connectivity index (χ4v) is 3.34. The number of carbonyl (C=O) groups excluding carboxylic acids is 1. The Balaban J connectivity index is 1.87. The highest BCUT2D eigenvalue weighted by molar-refractivity contribution is 7.99. The van der Waals surface area contributed by atoms with Gasteiger partial charge in [0.1, 0.15) is 0 Å². The number of hydrogen-bond acceptors (Lipinski definition) is 5. The van der Waals surface area contributed by atoms with Gasteiger partial charge in [-0.25, -0.2) is 0 Å². The molecule has 1 heterocycles. The fourth-order valence-electron chi connectivity index (χ4n) is 2.64. The minimum atomic E-state index is 0.0154. The first kappa shape index (κ1) is 20.4. The van der Waals surface area contributed by atoms with Crippen molar-refractivity contribution in [1.29, 1.82) is 0 Å². The molecule has 0 fully saturated rings. The smallest absolute Gasteiger partial charge is 0.230 e. The minimum absolute atomic E-state index is 0.0154.